The van der Waals surface area contributed by atoms with Gasteiger partial charge in [-0.2, -0.15) is 0 Å². The molecule has 1 saturated carbocycles. The van der Waals surface area contributed by atoms with E-state index in [1.54, 1.807) is 11.3 Å². The van der Waals surface area contributed by atoms with Crippen molar-refractivity contribution < 1.29 is 4.74 Å². The molecule has 2 rings (SSSR count). The molecule has 0 bridgehead atoms. The van der Waals surface area contributed by atoms with E-state index in [1.165, 1.54) is 11.3 Å². The summed E-state index contributed by atoms with van der Waals surface area (Å²) in [4.78, 5) is 1.40. The van der Waals surface area contributed by atoms with Crippen molar-refractivity contribution in [2.24, 2.45) is 5.73 Å². The molecule has 3 heteroatoms. The van der Waals surface area contributed by atoms with Crippen molar-refractivity contribution in [3.8, 4) is 0 Å². The lowest BCUT2D eigenvalue weighted by Gasteiger charge is -2.15. The molecule has 2 unspecified atom stereocenters. The minimum atomic E-state index is 0.276. The van der Waals surface area contributed by atoms with Crippen LogP contribution in [0.2, 0.25) is 0 Å². The minimum Gasteiger partial charge on any atom is -0.376 e. The Bertz CT molecular complexity index is 260. The van der Waals surface area contributed by atoms with Gasteiger partial charge in [-0.15, -0.1) is 11.3 Å². The van der Waals surface area contributed by atoms with Crippen LogP contribution in [0.25, 0.3) is 0 Å². The third-order valence-corrected chi connectivity index (χ3v) is 3.70. The highest BCUT2D eigenvalue weighted by Crippen LogP contribution is 2.20. The van der Waals surface area contributed by atoms with E-state index in [0.717, 1.165) is 25.9 Å². The molecule has 2 N–H and O–H groups in total. The van der Waals surface area contributed by atoms with E-state index < -0.39 is 0 Å². The molecule has 2 atom stereocenters. The van der Waals surface area contributed by atoms with Gasteiger partial charge >= 0.3 is 0 Å². The van der Waals surface area contributed by atoms with Crippen LogP contribution >= 0.6 is 11.3 Å². The average Bonchev–Trinajstić information content (AvgIpc) is 2.78. The van der Waals surface area contributed by atoms with Gasteiger partial charge in [0.05, 0.1) is 12.7 Å². The summed E-state index contributed by atoms with van der Waals surface area (Å²) in [6.07, 6.45) is 4.84. The van der Waals surface area contributed by atoms with Crippen LogP contribution in [-0.4, -0.2) is 18.8 Å². The third kappa shape index (κ3) is 2.56. The molecule has 0 aromatic carbocycles. The predicted octanol–water partition coefficient (Wildman–Crippen LogP) is 2.19. The molecule has 14 heavy (non-hydrogen) atoms. The fourth-order valence-corrected chi connectivity index (χ4v) is 2.62. The highest BCUT2D eigenvalue weighted by Gasteiger charge is 2.23. The quantitative estimate of drug-likeness (QED) is 0.828. The maximum Gasteiger partial charge on any atom is 0.0726 e. The Balaban J connectivity index is 1.68. The van der Waals surface area contributed by atoms with Crippen LogP contribution in [-0.2, 0) is 11.2 Å². The molecule has 78 valence electrons. The van der Waals surface area contributed by atoms with Crippen molar-refractivity contribution in [2.75, 3.05) is 6.61 Å². The van der Waals surface area contributed by atoms with Gasteiger partial charge in [0.25, 0.3) is 0 Å². The fourth-order valence-electron chi connectivity index (χ4n) is 1.93. The molecule has 0 saturated heterocycles. The Hall–Kier alpha value is -0.380. The van der Waals surface area contributed by atoms with Crippen molar-refractivity contribution in [2.45, 2.75) is 37.8 Å². The van der Waals surface area contributed by atoms with Gasteiger partial charge in [0.2, 0.25) is 0 Å². The number of hydrogen-bond donors (Lipinski definition) is 1. The Morgan fingerprint density at radius 2 is 2.43 bits per heavy atom. The highest BCUT2D eigenvalue weighted by atomic mass is 32.1. The van der Waals surface area contributed by atoms with E-state index in [0.29, 0.717) is 6.10 Å². The van der Waals surface area contributed by atoms with E-state index in [2.05, 4.69) is 17.5 Å². The first-order chi connectivity index (χ1) is 6.86. The summed E-state index contributed by atoms with van der Waals surface area (Å²) in [5.74, 6) is 0. The Labute approximate surface area is 89.1 Å². The minimum absolute atomic E-state index is 0.276. The molecule has 0 radical (unpaired) electrons. The molecule has 1 aliphatic carbocycles. The van der Waals surface area contributed by atoms with Gasteiger partial charge in [-0.25, -0.2) is 0 Å². The average molecular weight is 211 g/mol. The number of nitrogens with two attached hydrogens (primary N) is 1. The summed E-state index contributed by atoms with van der Waals surface area (Å²) in [6, 6.07) is 4.52. The van der Waals surface area contributed by atoms with E-state index in [1.807, 2.05) is 0 Å². The lowest BCUT2D eigenvalue weighted by atomic mass is 10.2. The van der Waals surface area contributed by atoms with Crippen molar-refractivity contribution in [3.05, 3.63) is 22.4 Å². The summed E-state index contributed by atoms with van der Waals surface area (Å²) >= 11 is 1.79. The second kappa shape index (κ2) is 4.91. The molecular formula is C11H17NOS. The predicted molar refractivity (Wildman–Crippen MR) is 59.6 cm³/mol. The normalized spacial score (nSPS) is 26.9. The molecule has 0 aliphatic heterocycles. The summed E-state index contributed by atoms with van der Waals surface area (Å²) in [5.41, 5.74) is 5.92. The molecule has 2 nitrogen and oxygen atoms in total. The maximum atomic E-state index is 5.92. The Morgan fingerprint density at radius 3 is 3.07 bits per heavy atom. The van der Waals surface area contributed by atoms with Crippen LogP contribution in [0.15, 0.2) is 17.5 Å². The van der Waals surface area contributed by atoms with Gasteiger partial charge in [-0.1, -0.05) is 6.07 Å². The lowest BCUT2D eigenvalue weighted by molar-refractivity contribution is 0.0505. The zero-order valence-electron chi connectivity index (χ0n) is 8.32. The second-order valence-corrected chi connectivity index (χ2v) is 4.87. The van der Waals surface area contributed by atoms with Gasteiger partial charge < -0.3 is 10.5 Å². The molecule has 1 aromatic heterocycles. The molecule has 0 amide bonds. The molecule has 1 aromatic rings. The largest absolute Gasteiger partial charge is 0.376 e. The maximum absolute atomic E-state index is 5.92. The monoisotopic (exact) mass is 211 g/mol. The van der Waals surface area contributed by atoms with E-state index >= 15 is 0 Å². The summed E-state index contributed by atoms with van der Waals surface area (Å²) in [6.45, 7) is 0.818. The van der Waals surface area contributed by atoms with Crippen LogP contribution in [0, 0.1) is 0 Å². The third-order valence-electron chi connectivity index (χ3n) is 2.76. The van der Waals surface area contributed by atoms with E-state index in [9.17, 15) is 0 Å². The van der Waals surface area contributed by atoms with Crippen molar-refractivity contribution in [3.63, 3.8) is 0 Å². The molecule has 1 aliphatic rings. The number of thiophene rings is 1. The first-order valence-electron chi connectivity index (χ1n) is 5.26. The van der Waals surface area contributed by atoms with Gasteiger partial charge in [0, 0.05) is 17.3 Å². The van der Waals surface area contributed by atoms with Gasteiger partial charge in [0.15, 0.2) is 0 Å². The smallest absolute Gasteiger partial charge is 0.0726 e. The van der Waals surface area contributed by atoms with Crippen molar-refractivity contribution >= 4 is 11.3 Å². The van der Waals surface area contributed by atoms with Crippen LogP contribution in [0.3, 0.4) is 0 Å². The Kier molecular flexibility index (Phi) is 3.56. The van der Waals surface area contributed by atoms with Crippen molar-refractivity contribution in [1.29, 1.82) is 0 Å². The van der Waals surface area contributed by atoms with Crippen molar-refractivity contribution in [1.82, 2.24) is 0 Å². The van der Waals surface area contributed by atoms with E-state index in [4.69, 9.17) is 10.5 Å². The summed E-state index contributed by atoms with van der Waals surface area (Å²) in [5, 5.41) is 2.11. The van der Waals surface area contributed by atoms with Crippen LogP contribution < -0.4 is 5.73 Å². The number of ether oxygens (including phenoxy) is 1. The van der Waals surface area contributed by atoms with Crippen LogP contribution in [0.5, 0.6) is 0 Å². The first kappa shape index (κ1) is 10.1. The van der Waals surface area contributed by atoms with Gasteiger partial charge in [0.1, 0.15) is 0 Å². The SMILES string of the molecule is NC1CCCC1OCCc1cccs1. The zero-order valence-corrected chi connectivity index (χ0v) is 9.13. The lowest BCUT2D eigenvalue weighted by Crippen LogP contribution is -2.31. The zero-order chi connectivity index (χ0) is 9.80. The van der Waals surface area contributed by atoms with Gasteiger partial charge in [-0.3, -0.25) is 0 Å². The first-order valence-corrected chi connectivity index (χ1v) is 6.14. The topological polar surface area (TPSA) is 35.2 Å². The Morgan fingerprint density at radius 1 is 1.50 bits per heavy atom. The fraction of sp³-hybridized carbons (Fsp3) is 0.636. The molecule has 1 fully saturated rings. The second-order valence-electron chi connectivity index (χ2n) is 3.83. The molecular weight excluding hydrogens is 194 g/mol. The number of rotatable bonds is 4. The summed E-state index contributed by atoms with van der Waals surface area (Å²) in [7, 11) is 0. The standard InChI is InChI=1S/C11H17NOS/c12-10-4-1-5-11(10)13-7-6-9-3-2-8-14-9/h2-3,8,10-11H,1,4-7,12H2. The number of hydrogen-bond acceptors (Lipinski definition) is 3. The molecule has 1 heterocycles. The highest BCUT2D eigenvalue weighted by molar-refractivity contribution is 7.09. The van der Waals surface area contributed by atoms with E-state index in [-0.39, 0.29) is 6.04 Å². The molecule has 0 spiro atoms. The van der Waals surface area contributed by atoms with Crippen LogP contribution in [0.4, 0.5) is 0 Å². The van der Waals surface area contributed by atoms with Gasteiger partial charge in [-0.05, 0) is 30.7 Å². The summed E-state index contributed by atoms with van der Waals surface area (Å²) < 4.78 is 5.77. The van der Waals surface area contributed by atoms with Crippen LogP contribution in [0.1, 0.15) is 24.1 Å².